The van der Waals surface area contributed by atoms with Crippen LogP contribution in [0.5, 0.6) is 5.75 Å². The molecule has 2 aromatic rings. The average Bonchev–Trinajstić information content (AvgIpc) is 2.47. The fourth-order valence-corrected chi connectivity index (χ4v) is 3.36. The first-order valence-electron chi connectivity index (χ1n) is 7.23. The van der Waals surface area contributed by atoms with Crippen molar-refractivity contribution >= 4 is 11.8 Å². The summed E-state index contributed by atoms with van der Waals surface area (Å²) in [5.74, 6) is 1.41. The summed E-state index contributed by atoms with van der Waals surface area (Å²) in [5.41, 5.74) is 8.54. The molecule has 0 aliphatic carbocycles. The van der Waals surface area contributed by atoms with Gasteiger partial charge in [0, 0.05) is 21.4 Å². The molecule has 112 valence electrons. The Balaban J connectivity index is 2.30. The van der Waals surface area contributed by atoms with Crippen LogP contribution in [0.2, 0.25) is 0 Å². The van der Waals surface area contributed by atoms with Crippen LogP contribution in [-0.4, -0.2) is 7.11 Å². The number of hydrogen-bond acceptors (Lipinski definition) is 3. The Labute approximate surface area is 131 Å². The SMILES string of the molecule is COc1cccc(Sc2ccc(C(C)C)cc2)c1[C@@H](C)N. The quantitative estimate of drug-likeness (QED) is 0.845. The molecule has 1 atom stereocenters. The van der Waals surface area contributed by atoms with Gasteiger partial charge in [-0.05, 0) is 42.7 Å². The zero-order valence-electron chi connectivity index (χ0n) is 13.1. The van der Waals surface area contributed by atoms with Gasteiger partial charge in [0.1, 0.15) is 5.75 Å². The topological polar surface area (TPSA) is 35.2 Å². The number of nitrogens with two attached hydrogens (primary N) is 1. The van der Waals surface area contributed by atoms with E-state index in [1.807, 2.05) is 19.1 Å². The van der Waals surface area contributed by atoms with Crippen molar-refractivity contribution in [1.29, 1.82) is 0 Å². The molecular formula is C18H23NOS. The molecule has 2 N–H and O–H groups in total. The zero-order valence-corrected chi connectivity index (χ0v) is 13.9. The minimum atomic E-state index is -0.0569. The van der Waals surface area contributed by atoms with E-state index in [-0.39, 0.29) is 6.04 Å². The minimum Gasteiger partial charge on any atom is -0.496 e. The normalized spacial score (nSPS) is 12.5. The van der Waals surface area contributed by atoms with Crippen LogP contribution in [0.1, 0.15) is 43.9 Å². The molecule has 2 rings (SSSR count). The van der Waals surface area contributed by atoms with E-state index in [2.05, 4.69) is 44.2 Å². The predicted octanol–water partition coefficient (Wildman–Crippen LogP) is 4.99. The fourth-order valence-electron chi connectivity index (χ4n) is 2.29. The third-order valence-electron chi connectivity index (χ3n) is 3.48. The van der Waals surface area contributed by atoms with Crippen LogP contribution in [0.4, 0.5) is 0 Å². The fraction of sp³-hybridized carbons (Fsp3) is 0.333. The maximum Gasteiger partial charge on any atom is 0.124 e. The monoisotopic (exact) mass is 301 g/mol. The molecule has 3 heteroatoms. The summed E-state index contributed by atoms with van der Waals surface area (Å²) in [7, 11) is 1.69. The Kier molecular flexibility index (Phi) is 5.32. The summed E-state index contributed by atoms with van der Waals surface area (Å²) in [6.07, 6.45) is 0. The van der Waals surface area contributed by atoms with E-state index in [1.54, 1.807) is 18.9 Å². The Bertz CT molecular complexity index is 591. The predicted molar refractivity (Wildman–Crippen MR) is 90.3 cm³/mol. The number of ether oxygens (including phenoxy) is 1. The highest BCUT2D eigenvalue weighted by atomic mass is 32.2. The van der Waals surface area contributed by atoms with Crippen molar-refractivity contribution in [2.45, 2.75) is 42.5 Å². The maximum atomic E-state index is 6.12. The summed E-state index contributed by atoms with van der Waals surface area (Å²) in [6, 6.07) is 14.7. The minimum absolute atomic E-state index is 0.0569. The lowest BCUT2D eigenvalue weighted by Gasteiger charge is -2.16. The van der Waals surface area contributed by atoms with Gasteiger partial charge in [-0.2, -0.15) is 0 Å². The van der Waals surface area contributed by atoms with Gasteiger partial charge < -0.3 is 10.5 Å². The van der Waals surface area contributed by atoms with Crippen molar-refractivity contribution in [3.63, 3.8) is 0 Å². The second-order valence-corrected chi connectivity index (χ2v) is 6.60. The van der Waals surface area contributed by atoms with Crippen molar-refractivity contribution in [3.8, 4) is 5.75 Å². The standard InChI is InChI=1S/C18H23NOS/c1-12(2)14-8-10-15(11-9-14)21-17-7-5-6-16(20-4)18(17)13(3)19/h5-13H,19H2,1-4H3/t13-/m1/s1. The van der Waals surface area contributed by atoms with Gasteiger partial charge >= 0.3 is 0 Å². The highest BCUT2D eigenvalue weighted by Crippen LogP contribution is 2.37. The van der Waals surface area contributed by atoms with Crippen LogP contribution in [-0.2, 0) is 0 Å². The summed E-state index contributed by atoms with van der Waals surface area (Å²) in [6.45, 7) is 6.40. The molecule has 0 amide bonds. The molecule has 0 radical (unpaired) electrons. The van der Waals surface area contributed by atoms with Crippen molar-refractivity contribution in [2.24, 2.45) is 5.73 Å². The Morgan fingerprint density at radius 1 is 1.00 bits per heavy atom. The lowest BCUT2D eigenvalue weighted by Crippen LogP contribution is -2.08. The van der Waals surface area contributed by atoms with E-state index in [0.29, 0.717) is 5.92 Å². The third-order valence-corrected chi connectivity index (χ3v) is 4.56. The molecule has 0 fully saturated rings. The van der Waals surface area contributed by atoms with Crippen LogP contribution < -0.4 is 10.5 Å². The van der Waals surface area contributed by atoms with Gasteiger partial charge in [-0.1, -0.05) is 43.8 Å². The van der Waals surface area contributed by atoms with Crippen LogP contribution in [0.25, 0.3) is 0 Å². The summed E-state index contributed by atoms with van der Waals surface area (Å²) in [4.78, 5) is 2.37. The first-order chi connectivity index (χ1) is 10.0. The molecule has 21 heavy (non-hydrogen) atoms. The number of benzene rings is 2. The van der Waals surface area contributed by atoms with E-state index in [9.17, 15) is 0 Å². The van der Waals surface area contributed by atoms with Crippen LogP contribution in [0, 0.1) is 0 Å². The van der Waals surface area contributed by atoms with Crippen molar-refractivity contribution in [1.82, 2.24) is 0 Å². The second-order valence-electron chi connectivity index (χ2n) is 5.49. The number of rotatable bonds is 5. The number of methoxy groups -OCH3 is 1. The average molecular weight is 301 g/mol. The molecule has 0 aromatic heterocycles. The Morgan fingerprint density at radius 3 is 2.19 bits per heavy atom. The third kappa shape index (κ3) is 3.80. The smallest absolute Gasteiger partial charge is 0.124 e. The van der Waals surface area contributed by atoms with Gasteiger partial charge in [0.2, 0.25) is 0 Å². The second kappa shape index (κ2) is 7.01. The Morgan fingerprint density at radius 2 is 1.67 bits per heavy atom. The Hall–Kier alpha value is -1.45. The molecule has 0 saturated carbocycles. The molecule has 0 bridgehead atoms. The number of hydrogen-bond donors (Lipinski definition) is 1. The first-order valence-corrected chi connectivity index (χ1v) is 8.05. The molecule has 0 saturated heterocycles. The van der Waals surface area contributed by atoms with E-state index >= 15 is 0 Å². The lowest BCUT2D eigenvalue weighted by atomic mass is 10.0. The van der Waals surface area contributed by atoms with Gasteiger partial charge in [0.15, 0.2) is 0 Å². The van der Waals surface area contributed by atoms with Gasteiger partial charge in [-0.25, -0.2) is 0 Å². The maximum absolute atomic E-state index is 6.12. The van der Waals surface area contributed by atoms with Gasteiger partial charge in [0.05, 0.1) is 7.11 Å². The van der Waals surface area contributed by atoms with Gasteiger partial charge in [-0.3, -0.25) is 0 Å². The van der Waals surface area contributed by atoms with Crippen molar-refractivity contribution in [3.05, 3.63) is 53.6 Å². The molecular weight excluding hydrogens is 278 g/mol. The lowest BCUT2D eigenvalue weighted by molar-refractivity contribution is 0.405. The highest BCUT2D eigenvalue weighted by molar-refractivity contribution is 7.99. The highest BCUT2D eigenvalue weighted by Gasteiger charge is 2.14. The van der Waals surface area contributed by atoms with E-state index in [0.717, 1.165) is 16.2 Å². The van der Waals surface area contributed by atoms with Gasteiger partial charge in [-0.15, -0.1) is 0 Å². The molecule has 0 heterocycles. The summed E-state index contributed by atoms with van der Waals surface area (Å²) < 4.78 is 5.44. The summed E-state index contributed by atoms with van der Waals surface area (Å²) in [5, 5.41) is 0. The zero-order chi connectivity index (χ0) is 15.4. The largest absolute Gasteiger partial charge is 0.496 e. The molecule has 0 spiro atoms. The molecule has 0 aliphatic heterocycles. The molecule has 2 nitrogen and oxygen atoms in total. The molecule has 0 aliphatic rings. The molecule has 0 unspecified atom stereocenters. The van der Waals surface area contributed by atoms with Crippen molar-refractivity contribution < 1.29 is 4.74 Å². The van der Waals surface area contributed by atoms with E-state index in [4.69, 9.17) is 10.5 Å². The van der Waals surface area contributed by atoms with Crippen LogP contribution in [0.3, 0.4) is 0 Å². The van der Waals surface area contributed by atoms with Crippen LogP contribution in [0.15, 0.2) is 52.3 Å². The van der Waals surface area contributed by atoms with Gasteiger partial charge in [0.25, 0.3) is 0 Å². The molecule has 2 aromatic carbocycles. The first kappa shape index (κ1) is 15.9. The summed E-state index contributed by atoms with van der Waals surface area (Å²) >= 11 is 1.73. The van der Waals surface area contributed by atoms with E-state index < -0.39 is 0 Å². The van der Waals surface area contributed by atoms with E-state index in [1.165, 1.54) is 10.5 Å². The van der Waals surface area contributed by atoms with Crippen LogP contribution >= 0.6 is 11.8 Å². The van der Waals surface area contributed by atoms with Crippen molar-refractivity contribution in [2.75, 3.05) is 7.11 Å².